The molecular formula is C20H25N5O2S2. The van der Waals surface area contributed by atoms with E-state index in [1.807, 2.05) is 7.05 Å². The van der Waals surface area contributed by atoms with Crippen LogP contribution in [0.15, 0.2) is 29.2 Å². The van der Waals surface area contributed by atoms with E-state index in [2.05, 4.69) is 16.8 Å². The van der Waals surface area contributed by atoms with Gasteiger partial charge in [0.25, 0.3) is 0 Å². The SMILES string of the molecule is CC(c1ccc(S(N)(=O)=O)cc1)N(C)Cc1nc(N)c2c3c(sc2n1)CCCC3. The summed E-state index contributed by atoms with van der Waals surface area (Å²) < 4.78 is 22.9. The van der Waals surface area contributed by atoms with Crippen molar-refractivity contribution < 1.29 is 8.42 Å². The molecule has 29 heavy (non-hydrogen) atoms. The molecule has 9 heteroatoms. The van der Waals surface area contributed by atoms with Crippen LogP contribution in [0.25, 0.3) is 10.2 Å². The zero-order valence-corrected chi connectivity index (χ0v) is 18.2. The van der Waals surface area contributed by atoms with Gasteiger partial charge in [-0.15, -0.1) is 11.3 Å². The summed E-state index contributed by atoms with van der Waals surface area (Å²) in [4.78, 5) is 14.0. The van der Waals surface area contributed by atoms with Crippen LogP contribution >= 0.6 is 11.3 Å². The molecule has 2 aromatic heterocycles. The fourth-order valence-electron chi connectivity index (χ4n) is 3.85. The van der Waals surface area contributed by atoms with Crippen LogP contribution < -0.4 is 10.9 Å². The largest absolute Gasteiger partial charge is 0.383 e. The van der Waals surface area contributed by atoms with E-state index in [9.17, 15) is 8.42 Å². The highest BCUT2D eigenvalue weighted by molar-refractivity contribution is 7.89. The van der Waals surface area contributed by atoms with Crippen molar-refractivity contribution in [2.24, 2.45) is 5.14 Å². The van der Waals surface area contributed by atoms with E-state index in [4.69, 9.17) is 15.9 Å². The standard InChI is InChI=1S/C20H25N5O2S2/c1-12(13-7-9-14(10-8-13)29(22,26)27)25(2)11-17-23-19(21)18-15-5-3-4-6-16(15)28-20(18)24-17/h7-10,12H,3-6,11H2,1-2H3,(H2,21,23,24)(H2,22,26,27). The number of anilines is 1. The summed E-state index contributed by atoms with van der Waals surface area (Å²) in [7, 11) is -1.70. The van der Waals surface area contributed by atoms with Crippen molar-refractivity contribution in [1.82, 2.24) is 14.9 Å². The van der Waals surface area contributed by atoms with Gasteiger partial charge in [0.05, 0.1) is 16.8 Å². The quantitative estimate of drug-likeness (QED) is 0.642. The van der Waals surface area contributed by atoms with Crippen molar-refractivity contribution >= 4 is 37.4 Å². The summed E-state index contributed by atoms with van der Waals surface area (Å²) in [5.74, 6) is 1.27. The summed E-state index contributed by atoms with van der Waals surface area (Å²) in [5, 5.41) is 6.22. The van der Waals surface area contributed by atoms with E-state index in [-0.39, 0.29) is 10.9 Å². The maximum Gasteiger partial charge on any atom is 0.238 e. The Morgan fingerprint density at radius 2 is 1.86 bits per heavy atom. The number of aryl methyl sites for hydroxylation is 2. The Balaban J connectivity index is 1.56. The monoisotopic (exact) mass is 431 g/mol. The second-order valence-corrected chi connectivity index (χ2v) is 10.3. The zero-order valence-electron chi connectivity index (χ0n) is 16.6. The molecule has 0 saturated heterocycles. The smallest absolute Gasteiger partial charge is 0.238 e. The molecule has 0 aliphatic heterocycles. The molecule has 3 aromatic rings. The van der Waals surface area contributed by atoms with Gasteiger partial charge in [0.1, 0.15) is 16.5 Å². The van der Waals surface area contributed by atoms with Gasteiger partial charge in [-0.2, -0.15) is 0 Å². The van der Waals surface area contributed by atoms with Crippen molar-refractivity contribution in [2.45, 2.75) is 50.1 Å². The minimum atomic E-state index is -3.69. The number of nitrogens with zero attached hydrogens (tertiary/aromatic N) is 3. The Labute approximate surface area is 174 Å². The zero-order chi connectivity index (χ0) is 20.8. The molecule has 7 nitrogen and oxygen atoms in total. The van der Waals surface area contributed by atoms with Gasteiger partial charge in [-0.05, 0) is 62.9 Å². The van der Waals surface area contributed by atoms with Crippen LogP contribution in [0.1, 0.15) is 47.6 Å². The van der Waals surface area contributed by atoms with Crippen LogP contribution in [0.2, 0.25) is 0 Å². The van der Waals surface area contributed by atoms with Gasteiger partial charge >= 0.3 is 0 Å². The first-order valence-electron chi connectivity index (χ1n) is 9.63. The Morgan fingerprint density at radius 1 is 1.17 bits per heavy atom. The lowest BCUT2D eigenvalue weighted by atomic mass is 9.97. The van der Waals surface area contributed by atoms with Gasteiger partial charge < -0.3 is 5.73 Å². The fraction of sp³-hybridized carbons (Fsp3) is 0.400. The maximum atomic E-state index is 11.4. The topological polar surface area (TPSA) is 115 Å². The van der Waals surface area contributed by atoms with Crippen LogP contribution in [-0.4, -0.2) is 30.3 Å². The Bertz CT molecular complexity index is 1160. The fourth-order valence-corrected chi connectivity index (χ4v) is 5.66. The second-order valence-electron chi connectivity index (χ2n) is 7.62. The predicted molar refractivity (Wildman–Crippen MR) is 116 cm³/mol. The molecule has 0 saturated carbocycles. The molecule has 1 aliphatic rings. The number of primary sulfonamides is 1. The Morgan fingerprint density at radius 3 is 2.55 bits per heavy atom. The summed E-state index contributed by atoms with van der Waals surface area (Å²) in [6.45, 7) is 2.60. The van der Waals surface area contributed by atoms with Crippen LogP contribution in [0.4, 0.5) is 5.82 Å². The molecule has 0 spiro atoms. The molecule has 0 radical (unpaired) electrons. The molecule has 1 atom stereocenters. The molecule has 2 heterocycles. The first-order valence-corrected chi connectivity index (χ1v) is 12.0. The third-order valence-corrected chi connectivity index (χ3v) is 7.75. The summed E-state index contributed by atoms with van der Waals surface area (Å²) in [6, 6.07) is 6.68. The lowest BCUT2D eigenvalue weighted by molar-refractivity contribution is 0.247. The number of hydrogen-bond acceptors (Lipinski definition) is 7. The summed E-state index contributed by atoms with van der Waals surface area (Å²) in [6.07, 6.45) is 4.60. The number of hydrogen-bond donors (Lipinski definition) is 2. The number of rotatable bonds is 5. The molecular weight excluding hydrogens is 406 g/mol. The van der Waals surface area contributed by atoms with Crippen molar-refractivity contribution in [2.75, 3.05) is 12.8 Å². The van der Waals surface area contributed by atoms with Crippen LogP contribution in [0.5, 0.6) is 0 Å². The Hall–Kier alpha value is -2.07. The van der Waals surface area contributed by atoms with Gasteiger partial charge in [0, 0.05) is 10.9 Å². The maximum absolute atomic E-state index is 11.4. The average molecular weight is 432 g/mol. The van der Waals surface area contributed by atoms with E-state index >= 15 is 0 Å². The minimum absolute atomic E-state index is 0.0431. The molecule has 4 rings (SSSR count). The van der Waals surface area contributed by atoms with Crippen molar-refractivity contribution in [3.8, 4) is 0 Å². The van der Waals surface area contributed by atoms with Gasteiger partial charge in [0.15, 0.2) is 0 Å². The first kappa shape index (κ1) is 20.2. The lowest BCUT2D eigenvalue weighted by Crippen LogP contribution is -2.23. The number of sulfonamides is 1. The van der Waals surface area contributed by atoms with Crippen LogP contribution in [-0.2, 0) is 29.4 Å². The molecule has 0 fully saturated rings. The number of thiophene rings is 1. The van der Waals surface area contributed by atoms with Crippen LogP contribution in [0.3, 0.4) is 0 Å². The predicted octanol–water partition coefficient (Wildman–Crippen LogP) is 2.99. The van der Waals surface area contributed by atoms with E-state index < -0.39 is 10.0 Å². The molecule has 4 N–H and O–H groups in total. The second kappa shape index (κ2) is 7.64. The molecule has 1 unspecified atom stereocenters. The summed E-state index contributed by atoms with van der Waals surface area (Å²) in [5.41, 5.74) is 8.65. The minimum Gasteiger partial charge on any atom is -0.383 e. The normalized spacial score (nSPS) is 15.6. The molecule has 1 aromatic carbocycles. The van der Waals surface area contributed by atoms with Gasteiger partial charge in [0.2, 0.25) is 10.0 Å². The molecule has 154 valence electrons. The van der Waals surface area contributed by atoms with Crippen molar-refractivity contribution in [3.05, 3.63) is 46.1 Å². The number of nitrogen functional groups attached to an aromatic ring is 1. The molecule has 1 aliphatic carbocycles. The average Bonchev–Trinajstić information content (AvgIpc) is 3.05. The van der Waals surface area contributed by atoms with Crippen molar-refractivity contribution in [3.63, 3.8) is 0 Å². The highest BCUT2D eigenvalue weighted by Gasteiger charge is 2.21. The third-order valence-electron chi connectivity index (χ3n) is 5.63. The number of benzene rings is 1. The van der Waals surface area contributed by atoms with E-state index in [0.717, 1.165) is 28.6 Å². The van der Waals surface area contributed by atoms with E-state index in [1.165, 1.54) is 35.4 Å². The highest BCUT2D eigenvalue weighted by Crippen LogP contribution is 2.37. The number of nitrogens with two attached hydrogens (primary N) is 2. The van der Waals surface area contributed by atoms with E-state index in [1.54, 1.807) is 23.5 Å². The van der Waals surface area contributed by atoms with Gasteiger partial charge in [-0.3, -0.25) is 4.90 Å². The third kappa shape index (κ3) is 4.00. The molecule has 0 bridgehead atoms. The van der Waals surface area contributed by atoms with E-state index in [0.29, 0.717) is 18.2 Å². The molecule has 0 amide bonds. The van der Waals surface area contributed by atoms with Crippen molar-refractivity contribution in [1.29, 1.82) is 0 Å². The highest BCUT2D eigenvalue weighted by atomic mass is 32.2. The van der Waals surface area contributed by atoms with Gasteiger partial charge in [-0.1, -0.05) is 12.1 Å². The lowest BCUT2D eigenvalue weighted by Gasteiger charge is -2.24. The van der Waals surface area contributed by atoms with Gasteiger partial charge in [-0.25, -0.2) is 23.5 Å². The summed E-state index contributed by atoms with van der Waals surface area (Å²) >= 11 is 1.75. The number of fused-ring (bicyclic) bond motifs is 3. The number of aromatic nitrogens is 2. The Kier molecular flexibility index (Phi) is 5.32. The van der Waals surface area contributed by atoms with Crippen LogP contribution in [0, 0.1) is 0 Å². The first-order chi connectivity index (χ1) is 13.7.